The van der Waals surface area contributed by atoms with Crippen LogP contribution >= 0.6 is 11.6 Å². The van der Waals surface area contributed by atoms with E-state index in [0.29, 0.717) is 5.15 Å². The molecule has 14 heavy (non-hydrogen) atoms. The van der Waals surface area contributed by atoms with Crippen LogP contribution in [0.3, 0.4) is 0 Å². The van der Waals surface area contributed by atoms with E-state index in [2.05, 4.69) is 4.98 Å². The number of hydrogen-bond donors (Lipinski definition) is 0. The van der Waals surface area contributed by atoms with Gasteiger partial charge in [-0.05, 0) is 24.5 Å². The molecule has 1 aromatic heterocycles. The van der Waals surface area contributed by atoms with Gasteiger partial charge < -0.3 is 4.74 Å². The first-order valence-corrected chi connectivity index (χ1v) is 4.77. The van der Waals surface area contributed by atoms with E-state index >= 15 is 0 Å². The number of halogens is 1. The lowest BCUT2D eigenvalue weighted by Crippen LogP contribution is -2.21. The van der Waals surface area contributed by atoms with E-state index in [1.165, 1.54) is 7.11 Å². The van der Waals surface area contributed by atoms with Gasteiger partial charge in [0.2, 0.25) is 0 Å². The van der Waals surface area contributed by atoms with E-state index in [9.17, 15) is 4.79 Å². The van der Waals surface area contributed by atoms with Gasteiger partial charge >= 0.3 is 5.97 Å². The molecule has 0 saturated heterocycles. The molecule has 74 valence electrons. The summed E-state index contributed by atoms with van der Waals surface area (Å²) in [5.41, 5.74) is 0.459. The Kier molecular flexibility index (Phi) is 2.19. The van der Waals surface area contributed by atoms with Crippen molar-refractivity contribution in [1.29, 1.82) is 0 Å². The summed E-state index contributed by atoms with van der Waals surface area (Å²) in [6.07, 6.45) is 3.32. The third-order valence-electron chi connectivity index (χ3n) is 2.61. The molecule has 4 heteroatoms. The van der Waals surface area contributed by atoms with Crippen LogP contribution in [-0.2, 0) is 14.9 Å². The summed E-state index contributed by atoms with van der Waals surface area (Å²) < 4.78 is 4.76. The zero-order valence-corrected chi connectivity index (χ0v) is 8.54. The Morgan fingerprint density at radius 1 is 1.57 bits per heavy atom. The van der Waals surface area contributed by atoms with Crippen molar-refractivity contribution >= 4 is 17.6 Å². The molecule has 0 N–H and O–H groups in total. The number of methoxy groups -OCH3 is 1. The highest BCUT2D eigenvalue weighted by Crippen LogP contribution is 2.48. The monoisotopic (exact) mass is 211 g/mol. The topological polar surface area (TPSA) is 39.2 Å². The molecule has 1 aromatic rings. The van der Waals surface area contributed by atoms with Crippen molar-refractivity contribution in [2.45, 2.75) is 18.3 Å². The predicted molar refractivity (Wildman–Crippen MR) is 52.2 cm³/mol. The Morgan fingerprint density at radius 3 is 2.71 bits per heavy atom. The molecule has 1 fully saturated rings. The number of carbonyl (C=O) groups is 1. The third kappa shape index (κ3) is 1.38. The molecular formula is C10H10ClNO2. The van der Waals surface area contributed by atoms with Crippen molar-refractivity contribution in [2.24, 2.45) is 0 Å². The van der Waals surface area contributed by atoms with Crippen molar-refractivity contribution in [3.05, 3.63) is 29.0 Å². The quantitative estimate of drug-likeness (QED) is 0.555. The zero-order chi connectivity index (χ0) is 10.2. The number of aromatic nitrogens is 1. The minimum absolute atomic E-state index is 0.179. The largest absolute Gasteiger partial charge is 0.468 e. The first kappa shape index (κ1) is 9.46. The van der Waals surface area contributed by atoms with Crippen molar-refractivity contribution in [3.8, 4) is 0 Å². The molecule has 1 aliphatic rings. The maximum atomic E-state index is 11.5. The van der Waals surface area contributed by atoms with E-state index in [4.69, 9.17) is 16.3 Å². The van der Waals surface area contributed by atoms with Gasteiger partial charge in [-0.2, -0.15) is 0 Å². The van der Waals surface area contributed by atoms with E-state index in [1.54, 1.807) is 12.3 Å². The number of rotatable bonds is 2. The van der Waals surface area contributed by atoms with Gasteiger partial charge in [0.1, 0.15) is 5.15 Å². The van der Waals surface area contributed by atoms with E-state index in [-0.39, 0.29) is 5.97 Å². The number of ether oxygens (including phenoxy) is 1. The van der Waals surface area contributed by atoms with Crippen molar-refractivity contribution in [1.82, 2.24) is 4.98 Å². The summed E-state index contributed by atoms with van der Waals surface area (Å²) in [4.78, 5) is 15.5. The average molecular weight is 212 g/mol. The van der Waals surface area contributed by atoms with Crippen molar-refractivity contribution in [3.63, 3.8) is 0 Å². The highest BCUT2D eigenvalue weighted by Gasteiger charge is 2.52. The van der Waals surface area contributed by atoms with Crippen LogP contribution in [-0.4, -0.2) is 18.1 Å². The number of pyridine rings is 1. The highest BCUT2D eigenvalue weighted by molar-refractivity contribution is 6.29. The van der Waals surface area contributed by atoms with Crippen LogP contribution in [0.4, 0.5) is 0 Å². The molecule has 0 bridgehead atoms. The molecule has 1 heterocycles. The Hall–Kier alpha value is -1.09. The second kappa shape index (κ2) is 3.24. The molecular weight excluding hydrogens is 202 g/mol. The molecule has 0 amide bonds. The van der Waals surface area contributed by atoms with Crippen LogP contribution in [0, 0.1) is 0 Å². The molecule has 3 nitrogen and oxygen atoms in total. The summed E-state index contributed by atoms with van der Waals surface area (Å²) in [5.74, 6) is -0.179. The fraction of sp³-hybridized carbons (Fsp3) is 0.400. The van der Waals surface area contributed by atoms with Crippen LogP contribution < -0.4 is 0 Å². The predicted octanol–water partition coefficient (Wildman–Crippen LogP) is 1.94. The number of carbonyl (C=O) groups excluding carboxylic acids is 1. The molecule has 1 saturated carbocycles. The molecule has 0 spiro atoms. The Labute approximate surface area is 87.0 Å². The lowest BCUT2D eigenvalue weighted by molar-refractivity contribution is -0.143. The Balaban J connectivity index is 2.31. The summed E-state index contributed by atoms with van der Waals surface area (Å²) >= 11 is 5.67. The van der Waals surface area contributed by atoms with E-state index in [0.717, 1.165) is 18.4 Å². The van der Waals surface area contributed by atoms with Gasteiger partial charge in [0, 0.05) is 6.20 Å². The van der Waals surface area contributed by atoms with Gasteiger partial charge in [-0.25, -0.2) is 4.98 Å². The fourth-order valence-corrected chi connectivity index (χ4v) is 1.70. The first-order valence-electron chi connectivity index (χ1n) is 4.39. The lowest BCUT2D eigenvalue weighted by atomic mass is 9.98. The van der Waals surface area contributed by atoms with Crippen molar-refractivity contribution in [2.75, 3.05) is 7.11 Å². The van der Waals surface area contributed by atoms with Gasteiger partial charge in [-0.15, -0.1) is 0 Å². The maximum absolute atomic E-state index is 11.5. The van der Waals surface area contributed by atoms with Gasteiger partial charge in [0.05, 0.1) is 12.5 Å². The molecule has 0 unspecified atom stereocenters. The minimum atomic E-state index is -0.438. The molecule has 1 aliphatic carbocycles. The minimum Gasteiger partial charge on any atom is -0.468 e. The zero-order valence-electron chi connectivity index (χ0n) is 7.79. The summed E-state index contributed by atoms with van der Waals surface area (Å²) in [6, 6.07) is 3.53. The summed E-state index contributed by atoms with van der Waals surface area (Å²) in [7, 11) is 1.41. The molecule has 0 aromatic carbocycles. The second-order valence-corrected chi connectivity index (χ2v) is 3.83. The van der Waals surface area contributed by atoms with Gasteiger partial charge in [-0.3, -0.25) is 4.79 Å². The fourth-order valence-electron chi connectivity index (χ4n) is 1.59. The van der Waals surface area contributed by atoms with Crippen LogP contribution in [0.15, 0.2) is 18.3 Å². The Morgan fingerprint density at radius 2 is 2.29 bits per heavy atom. The van der Waals surface area contributed by atoms with Gasteiger partial charge in [0.25, 0.3) is 0 Å². The SMILES string of the molecule is COC(=O)C1(c2ccc(Cl)nc2)CC1. The van der Waals surface area contributed by atoms with Gasteiger partial charge in [0.15, 0.2) is 0 Å². The maximum Gasteiger partial charge on any atom is 0.316 e. The van der Waals surface area contributed by atoms with Crippen LogP contribution in [0.25, 0.3) is 0 Å². The molecule has 0 radical (unpaired) electrons. The van der Waals surface area contributed by atoms with Crippen LogP contribution in [0.5, 0.6) is 0 Å². The lowest BCUT2D eigenvalue weighted by Gasteiger charge is -2.11. The third-order valence-corrected chi connectivity index (χ3v) is 2.83. The number of esters is 1. The van der Waals surface area contributed by atoms with Crippen LogP contribution in [0.2, 0.25) is 5.15 Å². The molecule has 0 atom stereocenters. The number of nitrogens with zero attached hydrogens (tertiary/aromatic N) is 1. The highest BCUT2D eigenvalue weighted by atomic mass is 35.5. The molecule has 2 rings (SSSR count). The second-order valence-electron chi connectivity index (χ2n) is 3.44. The standard InChI is InChI=1S/C10H10ClNO2/c1-14-9(13)10(4-5-10)7-2-3-8(11)12-6-7/h2-3,6H,4-5H2,1H3. The first-order chi connectivity index (χ1) is 6.69. The summed E-state index contributed by atoms with van der Waals surface area (Å²) in [6.45, 7) is 0. The van der Waals surface area contributed by atoms with Crippen molar-refractivity contribution < 1.29 is 9.53 Å². The number of hydrogen-bond acceptors (Lipinski definition) is 3. The van der Waals surface area contributed by atoms with E-state index < -0.39 is 5.41 Å². The molecule has 0 aliphatic heterocycles. The smallest absolute Gasteiger partial charge is 0.316 e. The Bertz CT molecular complexity index is 357. The average Bonchev–Trinajstić information content (AvgIpc) is 2.99. The van der Waals surface area contributed by atoms with Crippen LogP contribution in [0.1, 0.15) is 18.4 Å². The normalized spacial score (nSPS) is 17.6. The van der Waals surface area contributed by atoms with E-state index in [1.807, 2.05) is 6.07 Å². The summed E-state index contributed by atoms with van der Waals surface area (Å²) in [5, 5.41) is 0.439. The van der Waals surface area contributed by atoms with Gasteiger partial charge in [-0.1, -0.05) is 17.7 Å².